The van der Waals surface area contributed by atoms with Crippen LogP contribution in [0.4, 0.5) is 4.39 Å². The minimum absolute atomic E-state index is 0.385. The minimum atomic E-state index is -0.554. The maximum atomic E-state index is 13.9. The molecule has 0 saturated heterocycles. The van der Waals surface area contributed by atoms with Crippen LogP contribution < -0.4 is 10.5 Å². The molecule has 0 bridgehead atoms. The van der Waals surface area contributed by atoms with E-state index in [1.165, 1.54) is 24.5 Å². The van der Waals surface area contributed by atoms with Crippen molar-refractivity contribution in [1.29, 1.82) is 0 Å². The molecule has 1 heterocycles. The van der Waals surface area contributed by atoms with E-state index >= 15 is 0 Å². The van der Waals surface area contributed by atoms with Gasteiger partial charge in [0.05, 0.1) is 18.2 Å². The predicted molar refractivity (Wildman–Crippen MR) is 73.0 cm³/mol. The second-order valence-corrected chi connectivity index (χ2v) is 5.25. The van der Waals surface area contributed by atoms with Crippen LogP contribution in [0.1, 0.15) is 22.0 Å². The van der Waals surface area contributed by atoms with E-state index < -0.39 is 6.04 Å². The lowest BCUT2D eigenvalue weighted by Crippen LogP contribution is -2.12. The van der Waals surface area contributed by atoms with Crippen molar-refractivity contribution in [3.8, 4) is 5.75 Å². The molecule has 1 aromatic carbocycles. The van der Waals surface area contributed by atoms with Crippen molar-refractivity contribution in [2.24, 2.45) is 5.73 Å². The van der Waals surface area contributed by atoms with E-state index in [0.717, 1.165) is 10.4 Å². The molecule has 18 heavy (non-hydrogen) atoms. The molecule has 1 aromatic heterocycles. The summed E-state index contributed by atoms with van der Waals surface area (Å²) < 4.78 is 18.9. The lowest BCUT2D eigenvalue weighted by molar-refractivity contribution is 0.410. The van der Waals surface area contributed by atoms with Gasteiger partial charge < -0.3 is 10.5 Å². The van der Waals surface area contributed by atoms with Crippen LogP contribution in [0.3, 0.4) is 0 Å². The number of benzene rings is 1. The molecule has 0 spiro atoms. The highest BCUT2D eigenvalue weighted by molar-refractivity contribution is 7.10. The Kier molecular flexibility index (Phi) is 3.90. The molecule has 2 nitrogen and oxygen atoms in total. The summed E-state index contributed by atoms with van der Waals surface area (Å²) in [5.41, 5.74) is 7.44. The van der Waals surface area contributed by atoms with E-state index in [-0.39, 0.29) is 5.82 Å². The maximum Gasteiger partial charge on any atom is 0.132 e. The fourth-order valence-corrected chi connectivity index (χ4v) is 3.02. The van der Waals surface area contributed by atoms with E-state index in [2.05, 4.69) is 0 Å². The summed E-state index contributed by atoms with van der Waals surface area (Å²) >= 11 is 7.59. The summed E-state index contributed by atoms with van der Waals surface area (Å²) in [4.78, 5) is 0.776. The third kappa shape index (κ3) is 2.36. The Morgan fingerprint density at radius 1 is 1.44 bits per heavy atom. The second-order valence-electron chi connectivity index (χ2n) is 3.96. The molecule has 0 saturated carbocycles. The summed E-state index contributed by atoms with van der Waals surface area (Å²) in [6, 6.07) is 4.09. The molecule has 2 rings (SSSR count). The molecule has 5 heteroatoms. The fraction of sp³-hybridized carbons (Fsp3) is 0.231. The average molecular weight is 286 g/mol. The number of nitrogens with two attached hydrogens (primary N) is 1. The third-order valence-corrected chi connectivity index (χ3v) is 4.55. The fourth-order valence-electron chi connectivity index (χ4n) is 1.69. The SMILES string of the molecule is COc1ccc(C(N)c2scc(C)c2Cl)c(F)c1. The molecule has 0 radical (unpaired) electrons. The summed E-state index contributed by atoms with van der Waals surface area (Å²) in [6.45, 7) is 1.90. The van der Waals surface area contributed by atoms with Gasteiger partial charge in [0.15, 0.2) is 0 Å². The van der Waals surface area contributed by atoms with E-state index in [4.69, 9.17) is 22.1 Å². The zero-order chi connectivity index (χ0) is 13.3. The molecule has 1 unspecified atom stereocenters. The van der Waals surface area contributed by atoms with Crippen LogP contribution in [0, 0.1) is 12.7 Å². The van der Waals surface area contributed by atoms with Crippen LogP contribution in [0.15, 0.2) is 23.6 Å². The first-order valence-corrected chi connectivity index (χ1v) is 6.63. The van der Waals surface area contributed by atoms with Gasteiger partial charge in [0.2, 0.25) is 0 Å². The topological polar surface area (TPSA) is 35.2 Å². The van der Waals surface area contributed by atoms with Crippen molar-refractivity contribution < 1.29 is 9.13 Å². The van der Waals surface area contributed by atoms with Crippen molar-refractivity contribution in [1.82, 2.24) is 0 Å². The molecule has 0 aliphatic heterocycles. The molecule has 1 atom stereocenters. The van der Waals surface area contributed by atoms with Crippen LogP contribution in [0.5, 0.6) is 5.75 Å². The molecule has 96 valence electrons. The summed E-state index contributed by atoms with van der Waals surface area (Å²) in [5, 5.41) is 2.53. The number of hydrogen-bond donors (Lipinski definition) is 1. The Morgan fingerprint density at radius 2 is 2.17 bits per heavy atom. The first-order valence-electron chi connectivity index (χ1n) is 5.37. The van der Waals surface area contributed by atoms with Crippen molar-refractivity contribution in [2.45, 2.75) is 13.0 Å². The highest BCUT2D eigenvalue weighted by Gasteiger charge is 2.19. The van der Waals surface area contributed by atoms with Gasteiger partial charge in [-0.1, -0.05) is 17.7 Å². The number of aryl methyl sites for hydroxylation is 1. The molecule has 2 N–H and O–H groups in total. The van der Waals surface area contributed by atoms with Gasteiger partial charge in [-0.05, 0) is 23.9 Å². The van der Waals surface area contributed by atoms with Gasteiger partial charge in [0.25, 0.3) is 0 Å². The summed E-state index contributed by atoms with van der Waals surface area (Å²) in [7, 11) is 1.49. The second kappa shape index (κ2) is 5.26. The van der Waals surface area contributed by atoms with Crippen LogP contribution in [0.25, 0.3) is 0 Å². The number of rotatable bonds is 3. The Labute approximate surface area is 114 Å². The first kappa shape index (κ1) is 13.3. The number of halogens is 2. The average Bonchev–Trinajstić information content (AvgIpc) is 2.69. The Bertz CT molecular complexity index is 570. The van der Waals surface area contributed by atoms with Gasteiger partial charge in [-0.3, -0.25) is 0 Å². The summed E-state index contributed by atoms with van der Waals surface area (Å²) in [6.07, 6.45) is 0. The van der Waals surface area contributed by atoms with E-state index in [1.807, 2.05) is 12.3 Å². The predicted octanol–water partition coefficient (Wildman–Crippen LogP) is 3.91. The number of methoxy groups -OCH3 is 1. The van der Waals surface area contributed by atoms with Crippen molar-refractivity contribution >= 4 is 22.9 Å². The highest BCUT2D eigenvalue weighted by atomic mass is 35.5. The van der Waals surface area contributed by atoms with Crippen LogP contribution in [-0.2, 0) is 0 Å². The van der Waals surface area contributed by atoms with E-state index in [0.29, 0.717) is 16.3 Å². The van der Waals surface area contributed by atoms with Crippen LogP contribution >= 0.6 is 22.9 Å². The molecular weight excluding hydrogens is 273 g/mol. The highest BCUT2D eigenvalue weighted by Crippen LogP contribution is 2.35. The lowest BCUT2D eigenvalue weighted by Gasteiger charge is -2.13. The zero-order valence-electron chi connectivity index (χ0n) is 10.0. The first-order chi connectivity index (χ1) is 8.54. The van der Waals surface area contributed by atoms with Gasteiger partial charge >= 0.3 is 0 Å². The van der Waals surface area contributed by atoms with Crippen LogP contribution in [0.2, 0.25) is 5.02 Å². The van der Waals surface area contributed by atoms with E-state index in [9.17, 15) is 4.39 Å². The Morgan fingerprint density at radius 3 is 2.67 bits per heavy atom. The lowest BCUT2D eigenvalue weighted by atomic mass is 10.0. The third-order valence-electron chi connectivity index (χ3n) is 2.75. The zero-order valence-corrected chi connectivity index (χ0v) is 11.6. The van der Waals surface area contributed by atoms with Crippen molar-refractivity contribution in [3.05, 3.63) is 50.4 Å². The standard InChI is InChI=1S/C13H13ClFNOS/c1-7-6-18-13(11(7)14)12(16)9-4-3-8(17-2)5-10(9)15/h3-6,12H,16H2,1-2H3. The minimum Gasteiger partial charge on any atom is -0.497 e. The molecular formula is C13H13ClFNOS. The number of thiophene rings is 1. The Balaban J connectivity index is 2.40. The molecule has 0 aliphatic carbocycles. The summed E-state index contributed by atoms with van der Waals surface area (Å²) in [5.74, 6) is 0.0841. The smallest absolute Gasteiger partial charge is 0.132 e. The molecule has 0 amide bonds. The quantitative estimate of drug-likeness (QED) is 0.928. The largest absolute Gasteiger partial charge is 0.497 e. The molecule has 0 fully saturated rings. The Hall–Kier alpha value is -1.10. The maximum absolute atomic E-state index is 13.9. The molecule has 2 aromatic rings. The molecule has 0 aliphatic rings. The van der Waals surface area contributed by atoms with Crippen LogP contribution in [-0.4, -0.2) is 7.11 Å². The van der Waals surface area contributed by atoms with Gasteiger partial charge in [-0.2, -0.15) is 0 Å². The van der Waals surface area contributed by atoms with E-state index in [1.54, 1.807) is 12.1 Å². The van der Waals surface area contributed by atoms with Crippen molar-refractivity contribution in [2.75, 3.05) is 7.11 Å². The van der Waals surface area contributed by atoms with Gasteiger partial charge in [0, 0.05) is 16.5 Å². The van der Waals surface area contributed by atoms with Crippen molar-refractivity contribution in [3.63, 3.8) is 0 Å². The number of hydrogen-bond acceptors (Lipinski definition) is 3. The van der Waals surface area contributed by atoms with Gasteiger partial charge in [-0.25, -0.2) is 4.39 Å². The van der Waals surface area contributed by atoms with Gasteiger partial charge in [0.1, 0.15) is 11.6 Å². The normalized spacial score (nSPS) is 12.5. The van der Waals surface area contributed by atoms with Gasteiger partial charge in [-0.15, -0.1) is 11.3 Å². The number of ether oxygens (including phenoxy) is 1. The monoisotopic (exact) mass is 285 g/mol.